The SMILES string of the molecule is CCCNC.CCNCC. The molecular weight excluding hydrogens is 124 g/mol. The van der Waals surface area contributed by atoms with Gasteiger partial charge in [0.2, 0.25) is 0 Å². The van der Waals surface area contributed by atoms with Crippen molar-refractivity contribution < 1.29 is 0 Å². The van der Waals surface area contributed by atoms with Crippen LogP contribution in [-0.4, -0.2) is 26.7 Å². The van der Waals surface area contributed by atoms with Crippen LogP contribution in [0.25, 0.3) is 0 Å². The summed E-state index contributed by atoms with van der Waals surface area (Å²) in [4.78, 5) is 0. The fourth-order valence-electron chi connectivity index (χ4n) is 0.500. The molecule has 0 amide bonds. The predicted molar refractivity (Wildman–Crippen MR) is 48.4 cm³/mol. The third kappa shape index (κ3) is 24.7. The molecule has 0 aromatic heterocycles. The van der Waals surface area contributed by atoms with E-state index in [-0.39, 0.29) is 0 Å². The van der Waals surface area contributed by atoms with E-state index in [2.05, 4.69) is 31.4 Å². The van der Waals surface area contributed by atoms with E-state index in [9.17, 15) is 0 Å². The zero-order valence-corrected chi connectivity index (χ0v) is 7.83. The molecule has 2 heteroatoms. The highest BCUT2D eigenvalue weighted by Gasteiger charge is 1.64. The van der Waals surface area contributed by atoms with Gasteiger partial charge in [0, 0.05) is 0 Å². The Morgan fingerprint density at radius 1 is 1.00 bits per heavy atom. The van der Waals surface area contributed by atoms with Crippen molar-refractivity contribution in [3.05, 3.63) is 0 Å². The average Bonchev–Trinajstić information content (AvgIpc) is 1.93. The molecular formula is C8H22N2. The first kappa shape index (κ1) is 12.6. The monoisotopic (exact) mass is 146 g/mol. The summed E-state index contributed by atoms with van der Waals surface area (Å²) in [6, 6.07) is 0. The molecule has 2 nitrogen and oxygen atoms in total. The van der Waals surface area contributed by atoms with E-state index in [0.717, 1.165) is 19.6 Å². The van der Waals surface area contributed by atoms with Crippen molar-refractivity contribution in [1.29, 1.82) is 0 Å². The second kappa shape index (κ2) is 16.0. The van der Waals surface area contributed by atoms with E-state index in [0.29, 0.717) is 0 Å². The maximum absolute atomic E-state index is 3.11. The van der Waals surface area contributed by atoms with Gasteiger partial charge in [-0.1, -0.05) is 20.8 Å². The molecule has 0 aromatic carbocycles. The second-order valence-corrected chi connectivity index (χ2v) is 2.06. The van der Waals surface area contributed by atoms with Gasteiger partial charge in [0.1, 0.15) is 0 Å². The maximum Gasteiger partial charge on any atom is -0.00546 e. The highest BCUT2D eigenvalue weighted by atomic mass is 14.8. The second-order valence-electron chi connectivity index (χ2n) is 2.06. The molecule has 0 aliphatic heterocycles. The lowest BCUT2D eigenvalue weighted by atomic mass is 10.5. The van der Waals surface area contributed by atoms with Gasteiger partial charge in [-0.3, -0.25) is 0 Å². The minimum absolute atomic E-state index is 1.09. The Morgan fingerprint density at radius 2 is 1.50 bits per heavy atom. The van der Waals surface area contributed by atoms with E-state index in [1.165, 1.54) is 6.42 Å². The molecule has 0 aliphatic rings. The van der Waals surface area contributed by atoms with Crippen molar-refractivity contribution in [3.8, 4) is 0 Å². The minimum atomic E-state index is 1.09. The van der Waals surface area contributed by atoms with Crippen LogP contribution >= 0.6 is 0 Å². The summed E-state index contributed by atoms with van der Waals surface area (Å²) in [5, 5.41) is 6.13. The zero-order chi connectivity index (χ0) is 8.24. The molecule has 0 radical (unpaired) electrons. The molecule has 10 heavy (non-hydrogen) atoms. The summed E-state index contributed by atoms with van der Waals surface area (Å²) >= 11 is 0. The molecule has 0 unspecified atom stereocenters. The van der Waals surface area contributed by atoms with Gasteiger partial charge in [0.25, 0.3) is 0 Å². The van der Waals surface area contributed by atoms with Crippen molar-refractivity contribution >= 4 is 0 Å². The third-order valence-electron chi connectivity index (χ3n) is 1.000. The number of nitrogens with one attached hydrogen (secondary N) is 2. The van der Waals surface area contributed by atoms with Crippen molar-refractivity contribution in [2.24, 2.45) is 0 Å². The molecule has 0 aliphatic carbocycles. The fourth-order valence-corrected chi connectivity index (χ4v) is 0.500. The summed E-state index contributed by atoms with van der Waals surface area (Å²) < 4.78 is 0. The van der Waals surface area contributed by atoms with Crippen molar-refractivity contribution in [2.75, 3.05) is 26.7 Å². The first-order valence-electron chi connectivity index (χ1n) is 4.18. The summed E-state index contributed by atoms with van der Waals surface area (Å²) in [6.07, 6.45) is 1.23. The highest BCUT2D eigenvalue weighted by Crippen LogP contribution is 1.62. The largest absolute Gasteiger partial charge is 0.320 e. The van der Waals surface area contributed by atoms with Gasteiger partial charge < -0.3 is 10.6 Å². The normalized spacial score (nSPS) is 8.40. The lowest BCUT2D eigenvalue weighted by Gasteiger charge is -1.86. The lowest BCUT2D eigenvalue weighted by molar-refractivity contribution is 0.762. The molecule has 64 valence electrons. The third-order valence-corrected chi connectivity index (χ3v) is 1.000. The van der Waals surface area contributed by atoms with Crippen molar-refractivity contribution in [3.63, 3.8) is 0 Å². The molecule has 0 saturated heterocycles. The van der Waals surface area contributed by atoms with Crippen LogP contribution in [-0.2, 0) is 0 Å². The van der Waals surface area contributed by atoms with Crippen LogP contribution in [0.3, 0.4) is 0 Å². The highest BCUT2D eigenvalue weighted by molar-refractivity contribution is 4.28. The van der Waals surface area contributed by atoms with E-state index in [1.54, 1.807) is 0 Å². The van der Waals surface area contributed by atoms with Crippen LogP contribution in [0.2, 0.25) is 0 Å². The zero-order valence-electron chi connectivity index (χ0n) is 7.83. The Labute approximate surface area is 65.4 Å². The van der Waals surface area contributed by atoms with Crippen LogP contribution in [0.5, 0.6) is 0 Å². The molecule has 0 spiro atoms. The van der Waals surface area contributed by atoms with E-state index < -0.39 is 0 Å². The number of hydrogen-bond donors (Lipinski definition) is 2. The topological polar surface area (TPSA) is 24.1 Å². The number of rotatable bonds is 4. The fraction of sp³-hybridized carbons (Fsp3) is 1.00. The van der Waals surface area contributed by atoms with E-state index in [1.807, 2.05) is 7.05 Å². The van der Waals surface area contributed by atoms with Gasteiger partial charge >= 0.3 is 0 Å². The van der Waals surface area contributed by atoms with E-state index in [4.69, 9.17) is 0 Å². The van der Waals surface area contributed by atoms with Crippen LogP contribution < -0.4 is 10.6 Å². The van der Waals surface area contributed by atoms with Crippen molar-refractivity contribution in [2.45, 2.75) is 27.2 Å². The molecule has 0 fully saturated rings. The molecule has 0 saturated carbocycles. The van der Waals surface area contributed by atoms with Crippen LogP contribution in [0.4, 0.5) is 0 Å². The van der Waals surface area contributed by atoms with Gasteiger partial charge in [-0.25, -0.2) is 0 Å². The van der Waals surface area contributed by atoms with Gasteiger partial charge in [-0.05, 0) is 33.1 Å². The molecule has 2 N–H and O–H groups in total. The minimum Gasteiger partial charge on any atom is -0.320 e. The summed E-state index contributed by atoms with van der Waals surface area (Å²) in [7, 11) is 1.96. The van der Waals surface area contributed by atoms with Gasteiger partial charge in [-0.15, -0.1) is 0 Å². The van der Waals surface area contributed by atoms with Crippen LogP contribution in [0.15, 0.2) is 0 Å². The van der Waals surface area contributed by atoms with Gasteiger partial charge in [-0.2, -0.15) is 0 Å². The summed E-state index contributed by atoms with van der Waals surface area (Å²) in [6.45, 7) is 9.68. The van der Waals surface area contributed by atoms with E-state index >= 15 is 0 Å². The summed E-state index contributed by atoms with van der Waals surface area (Å²) in [5.74, 6) is 0. The van der Waals surface area contributed by atoms with Crippen LogP contribution in [0, 0.1) is 0 Å². The first-order valence-corrected chi connectivity index (χ1v) is 4.18. The Hall–Kier alpha value is -0.0800. The molecule has 0 atom stereocenters. The molecule has 0 bridgehead atoms. The average molecular weight is 146 g/mol. The predicted octanol–water partition coefficient (Wildman–Crippen LogP) is 1.23. The Kier molecular flexibility index (Phi) is 20.1. The standard InChI is InChI=1S/2C4H11N/c1-3-4-5-2;1-3-5-4-2/h2*5H,3-4H2,1-2H3. The summed E-state index contributed by atoms with van der Waals surface area (Å²) in [5.41, 5.74) is 0. The maximum atomic E-state index is 3.11. The van der Waals surface area contributed by atoms with Gasteiger partial charge in [0.15, 0.2) is 0 Å². The first-order chi connectivity index (χ1) is 4.83. The van der Waals surface area contributed by atoms with Crippen molar-refractivity contribution in [1.82, 2.24) is 10.6 Å². The van der Waals surface area contributed by atoms with Crippen LogP contribution in [0.1, 0.15) is 27.2 Å². The number of hydrogen-bond acceptors (Lipinski definition) is 2. The smallest absolute Gasteiger partial charge is 0.00546 e. The Balaban J connectivity index is 0. The Bertz CT molecular complexity index is 28.2. The quantitative estimate of drug-likeness (QED) is 0.623. The Morgan fingerprint density at radius 3 is 1.50 bits per heavy atom. The molecule has 0 aromatic rings. The lowest BCUT2D eigenvalue weighted by Crippen LogP contribution is -2.09. The van der Waals surface area contributed by atoms with Gasteiger partial charge in [0.05, 0.1) is 0 Å². The molecule has 0 rings (SSSR count). The molecule has 0 heterocycles.